The summed E-state index contributed by atoms with van der Waals surface area (Å²) in [6.07, 6.45) is 3.47. The highest BCUT2D eigenvalue weighted by Crippen LogP contribution is 2.27. The summed E-state index contributed by atoms with van der Waals surface area (Å²) in [6, 6.07) is 5.68. The van der Waals surface area contributed by atoms with E-state index in [9.17, 15) is 9.59 Å². The van der Waals surface area contributed by atoms with Crippen molar-refractivity contribution in [2.45, 2.75) is 25.4 Å². The van der Waals surface area contributed by atoms with Crippen molar-refractivity contribution in [1.29, 1.82) is 0 Å². The number of fused-ring (bicyclic) bond motifs is 1. The Morgan fingerprint density at radius 2 is 2.27 bits per heavy atom. The highest BCUT2D eigenvalue weighted by molar-refractivity contribution is 7.17. The molecule has 3 heterocycles. The fourth-order valence-electron chi connectivity index (χ4n) is 3.34. The number of carbonyl (C=O) groups is 2. The van der Waals surface area contributed by atoms with Crippen molar-refractivity contribution < 1.29 is 9.59 Å². The third kappa shape index (κ3) is 2.94. The summed E-state index contributed by atoms with van der Waals surface area (Å²) in [4.78, 5) is 30.9. The summed E-state index contributed by atoms with van der Waals surface area (Å²) >= 11 is 1.48. The molecule has 0 saturated carbocycles. The molecule has 0 unspecified atom stereocenters. The zero-order valence-electron chi connectivity index (χ0n) is 14.3. The van der Waals surface area contributed by atoms with Crippen LogP contribution in [0.5, 0.6) is 0 Å². The molecule has 0 bridgehead atoms. The molecule has 3 aromatic rings. The summed E-state index contributed by atoms with van der Waals surface area (Å²) in [6.45, 7) is 1.24. The Labute approximate surface area is 153 Å². The van der Waals surface area contributed by atoms with Gasteiger partial charge in [0.1, 0.15) is 0 Å². The lowest BCUT2D eigenvalue weighted by Gasteiger charge is -2.24. The van der Waals surface area contributed by atoms with Crippen molar-refractivity contribution >= 4 is 33.4 Å². The van der Waals surface area contributed by atoms with Gasteiger partial charge in [0.25, 0.3) is 11.8 Å². The van der Waals surface area contributed by atoms with Gasteiger partial charge in [0, 0.05) is 13.6 Å². The number of nitrogens with one attached hydrogen (secondary N) is 1. The van der Waals surface area contributed by atoms with E-state index >= 15 is 0 Å². The lowest BCUT2D eigenvalue weighted by Crippen LogP contribution is -2.38. The van der Waals surface area contributed by atoms with Crippen LogP contribution in [0.25, 0.3) is 10.2 Å². The molecule has 1 fully saturated rings. The van der Waals surface area contributed by atoms with Gasteiger partial charge in [0.05, 0.1) is 40.1 Å². The minimum atomic E-state index is -0.271. The van der Waals surface area contributed by atoms with Crippen LogP contribution in [0.3, 0.4) is 0 Å². The standard InChI is InChI=1S/C17H18N6O2S/c1-18-16(24)14-9-22(21-20-14)8-11-4-3-7-23(11)17(25)12-5-2-6-13-15(12)26-10-19-13/h2,5-6,9-11H,3-4,7-8H2,1H3,(H,18,24)/t11-/m1/s1. The van der Waals surface area contributed by atoms with Crippen molar-refractivity contribution in [1.82, 2.24) is 30.2 Å². The number of rotatable bonds is 4. The Bertz CT molecular complexity index is 965. The lowest BCUT2D eigenvalue weighted by atomic mass is 10.1. The molecular formula is C17H18N6O2S. The highest BCUT2D eigenvalue weighted by atomic mass is 32.1. The number of nitrogens with zero attached hydrogens (tertiary/aromatic N) is 5. The Morgan fingerprint density at radius 3 is 3.12 bits per heavy atom. The molecule has 0 radical (unpaired) electrons. The van der Waals surface area contributed by atoms with E-state index in [0.29, 0.717) is 12.1 Å². The van der Waals surface area contributed by atoms with Crippen LogP contribution in [0.4, 0.5) is 0 Å². The molecule has 0 aliphatic carbocycles. The summed E-state index contributed by atoms with van der Waals surface area (Å²) in [5.41, 5.74) is 3.58. The molecule has 134 valence electrons. The third-order valence-electron chi connectivity index (χ3n) is 4.62. The average molecular weight is 370 g/mol. The summed E-state index contributed by atoms with van der Waals surface area (Å²) < 4.78 is 2.56. The molecule has 8 nitrogen and oxygen atoms in total. The van der Waals surface area contributed by atoms with Crippen LogP contribution in [0.15, 0.2) is 29.9 Å². The van der Waals surface area contributed by atoms with E-state index in [4.69, 9.17) is 0 Å². The fourth-order valence-corrected chi connectivity index (χ4v) is 4.13. The second-order valence-corrected chi connectivity index (χ2v) is 7.06. The minimum absolute atomic E-state index is 0.0222. The SMILES string of the molecule is CNC(=O)c1cn(C[C@H]2CCCN2C(=O)c2cccc3ncsc23)nn1. The first-order chi connectivity index (χ1) is 12.7. The molecule has 1 aliphatic heterocycles. The minimum Gasteiger partial charge on any atom is -0.354 e. The molecule has 0 spiro atoms. The molecule has 9 heteroatoms. The number of hydrogen-bond donors (Lipinski definition) is 1. The Hall–Kier alpha value is -2.81. The summed E-state index contributed by atoms with van der Waals surface area (Å²) in [7, 11) is 1.55. The van der Waals surface area contributed by atoms with E-state index in [1.54, 1.807) is 23.4 Å². The molecule has 1 N–H and O–H groups in total. The van der Waals surface area contributed by atoms with Crippen LogP contribution >= 0.6 is 11.3 Å². The third-order valence-corrected chi connectivity index (χ3v) is 5.50. The number of amides is 2. The first-order valence-electron chi connectivity index (χ1n) is 8.43. The van der Waals surface area contributed by atoms with Crippen molar-refractivity contribution in [3.05, 3.63) is 41.2 Å². The monoisotopic (exact) mass is 370 g/mol. The Morgan fingerprint density at radius 1 is 1.38 bits per heavy atom. The predicted octanol–water partition coefficient (Wildman–Crippen LogP) is 1.55. The first kappa shape index (κ1) is 16.6. The van der Waals surface area contributed by atoms with E-state index in [1.165, 1.54) is 11.3 Å². The van der Waals surface area contributed by atoms with E-state index in [2.05, 4.69) is 20.6 Å². The Kier molecular flexibility index (Phi) is 4.37. The van der Waals surface area contributed by atoms with Gasteiger partial charge in [-0.2, -0.15) is 0 Å². The van der Waals surface area contributed by atoms with Gasteiger partial charge in [-0.25, -0.2) is 9.67 Å². The van der Waals surface area contributed by atoms with Gasteiger partial charge in [0.2, 0.25) is 0 Å². The van der Waals surface area contributed by atoms with Gasteiger partial charge in [-0.05, 0) is 25.0 Å². The van der Waals surface area contributed by atoms with Crippen molar-refractivity contribution in [3.63, 3.8) is 0 Å². The fraction of sp³-hybridized carbons (Fsp3) is 0.353. The van der Waals surface area contributed by atoms with Crippen LogP contribution < -0.4 is 5.32 Å². The molecule has 1 aromatic carbocycles. The van der Waals surface area contributed by atoms with Crippen LogP contribution in [-0.2, 0) is 6.54 Å². The number of aromatic nitrogens is 4. The maximum Gasteiger partial charge on any atom is 0.273 e. The molecule has 2 amide bonds. The summed E-state index contributed by atoms with van der Waals surface area (Å²) in [5.74, 6) is -0.249. The van der Waals surface area contributed by atoms with Crippen molar-refractivity contribution in [3.8, 4) is 0 Å². The quantitative estimate of drug-likeness (QED) is 0.752. The van der Waals surface area contributed by atoms with Crippen LogP contribution in [-0.4, -0.2) is 56.3 Å². The van der Waals surface area contributed by atoms with Gasteiger partial charge in [-0.3, -0.25) is 9.59 Å². The topological polar surface area (TPSA) is 93.0 Å². The zero-order valence-corrected chi connectivity index (χ0v) is 15.1. The van der Waals surface area contributed by atoms with Gasteiger partial charge < -0.3 is 10.2 Å². The molecule has 2 aromatic heterocycles. The second-order valence-electron chi connectivity index (χ2n) is 6.21. The molecule has 1 saturated heterocycles. The maximum atomic E-state index is 13.1. The van der Waals surface area contributed by atoms with Gasteiger partial charge in [-0.15, -0.1) is 16.4 Å². The molecular weight excluding hydrogens is 352 g/mol. The largest absolute Gasteiger partial charge is 0.354 e. The number of thiazole rings is 1. The van der Waals surface area contributed by atoms with Gasteiger partial charge >= 0.3 is 0 Å². The number of carbonyl (C=O) groups excluding carboxylic acids is 2. The molecule has 1 aliphatic rings. The zero-order chi connectivity index (χ0) is 18.1. The van der Waals surface area contributed by atoms with Crippen LogP contribution in [0.1, 0.15) is 33.7 Å². The van der Waals surface area contributed by atoms with Gasteiger partial charge in [0.15, 0.2) is 5.69 Å². The van der Waals surface area contributed by atoms with Crippen LogP contribution in [0, 0.1) is 0 Å². The van der Waals surface area contributed by atoms with E-state index in [0.717, 1.165) is 29.6 Å². The molecule has 1 atom stereocenters. The van der Waals surface area contributed by atoms with E-state index in [1.807, 2.05) is 23.1 Å². The number of benzene rings is 1. The van der Waals surface area contributed by atoms with Crippen molar-refractivity contribution in [2.24, 2.45) is 0 Å². The number of likely N-dealkylation sites (tertiary alicyclic amines) is 1. The van der Waals surface area contributed by atoms with E-state index in [-0.39, 0.29) is 23.6 Å². The smallest absolute Gasteiger partial charge is 0.273 e. The van der Waals surface area contributed by atoms with Crippen molar-refractivity contribution in [2.75, 3.05) is 13.6 Å². The normalized spacial score (nSPS) is 17.0. The maximum absolute atomic E-state index is 13.1. The number of hydrogen-bond acceptors (Lipinski definition) is 6. The Balaban J connectivity index is 1.55. The summed E-state index contributed by atoms with van der Waals surface area (Å²) in [5, 5.41) is 10.4. The van der Waals surface area contributed by atoms with Gasteiger partial charge in [-0.1, -0.05) is 11.3 Å². The first-order valence-corrected chi connectivity index (χ1v) is 9.30. The predicted molar refractivity (Wildman–Crippen MR) is 97.1 cm³/mol. The lowest BCUT2D eigenvalue weighted by molar-refractivity contribution is 0.0723. The highest BCUT2D eigenvalue weighted by Gasteiger charge is 2.31. The molecule has 4 rings (SSSR count). The molecule has 26 heavy (non-hydrogen) atoms. The second kappa shape index (κ2) is 6.83. The van der Waals surface area contributed by atoms with E-state index < -0.39 is 0 Å². The average Bonchev–Trinajstić information content (AvgIpc) is 3.40. The van der Waals surface area contributed by atoms with Crippen LogP contribution in [0.2, 0.25) is 0 Å².